The number of nitriles is 1. The third-order valence-corrected chi connectivity index (χ3v) is 3.04. The first-order valence-electron chi connectivity index (χ1n) is 5.72. The summed E-state index contributed by atoms with van der Waals surface area (Å²) in [6, 6.07) is 2.32. The van der Waals surface area contributed by atoms with Crippen LogP contribution < -0.4 is 5.32 Å². The van der Waals surface area contributed by atoms with Crippen molar-refractivity contribution in [1.29, 1.82) is 5.26 Å². The lowest BCUT2D eigenvalue weighted by atomic mass is 9.90. The molecule has 86 valence electrons. The smallest absolute Gasteiger partial charge is 0.0684 e. The Morgan fingerprint density at radius 1 is 1.53 bits per heavy atom. The molecule has 0 saturated carbocycles. The molecule has 1 rings (SSSR count). The van der Waals surface area contributed by atoms with E-state index in [1.807, 2.05) is 13.8 Å². The lowest BCUT2D eigenvalue weighted by molar-refractivity contribution is 0.0279. The highest BCUT2D eigenvalue weighted by Crippen LogP contribution is 2.21. The van der Waals surface area contributed by atoms with Gasteiger partial charge >= 0.3 is 0 Å². The van der Waals surface area contributed by atoms with Gasteiger partial charge in [0.2, 0.25) is 0 Å². The summed E-state index contributed by atoms with van der Waals surface area (Å²) >= 11 is 0. The molecular formula is C12H22N2O. The molecule has 1 atom stereocenters. The fraction of sp³-hybridized carbons (Fsp3) is 0.917. The highest BCUT2D eigenvalue weighted by atomic mass is 16.5. The van der Waals surface area contributed by atoms with E-state index in [0.717, 1.165) is 32.6 Å². The van der Waals surface area contributed by atoms with Gasteiger partial charge in [-0.15, -0.1) is 0 Å². The Morgan fingerprint density at radius 3 is 2.80 bits per heavy atom. The molecule has 0 aromatic rings. The zero-order valence-electron chi connectivity index (χ0n) is 10.1. The zero-order valence-corrected chi connectivity index (χ0v) is 10.1. The van der Waals surface area contributed by atoms with Gasteiger partial charge in [-0.2, -0.15) is 5.26 Å². The highest BCUT2D eigenvalue weighted by molar-refractivity contribution is 4.93. The Morgan fingerprint density at radius 2 is 2.27 bits per heavy atom. The average Bonchev–Trinajstić information content (AvgIpc) is 2.18. The normalized spacial score (nSPS) is 27.3. The predicted molar refractivity (Wildman–Crippen MR) is 60.5 cm³/mol. The van der Waals surface area contributed by atoms with E-state index in [4.69, 9.17) is 10.00 Å². The van der Waals surface area contributed by atoms with Crippen LogP contribution in [0.5, 0.6) is 0 Å². The molecule has 1 saturated heterocycles. The Hall–Kier alpha value is -0.590. The molecule has 15 heavy (non-hydrogen) atoms. The first-order chi connectivity index (χ1) is 6.97. The number of nitrogens with zero attached hydrogens (tertiary/aromatic N) is 1. The van der Waals surface area contributed by atoms with Crippen LogP contribution in [0.3, 0.4) is 0 Å². The van der Waals surface area contributed by atoms with Crippen LogP contribution >= 0.6 is 0 Å². The van der Waals surface area contributed by atoms with Crippen LogP contribution in [-0.2, 0) is 4.74 Å². The van der Waals surface area contributed by atoms with E-state index >= 15 is 0 Å². The third kappa shape index (κ3) is 4.19. The van der Waals surface area contributed by atoms with Gasteiger partial charge in [0.05, 0.1) is 18.1 Å². The van der Waals surface area contributed by atoms with Crippen LogP contribution in [0.1, 0.15) is 40.0 Å². The maximum Gasteiger partial charge on any atom is 0.0684 e. The van der Waals surface area contributed by atoms with Crippen molar-refractivity contribution in [3.63, 3.8) is 0 Å². The predicted octanol–water partition coefficient (Wildman–Crippen LogP) is 2.08. The molecule has 0 bridgehead atoms. The first-order valence-corrected chi connectivity index (χ1v) is 5.72. The largest absolute Gasteiger partial charge is 0.380 e. The Labute approximate surface area is 92.8 Å². The summed E-state index contributed by atoms with van der Waals surface area (Å²) in [4.78, 5) is 0. The van der Waals surface area contributed by atoms with Gasteiger partial charge in [0, 0.05) is 12.1 Å². The van der Waals surface area contributed by atoms with E-state index in [1.165, 1.54) is 6.42 Å². The second kappa shape index (κ2) is 4.96. The fourth-order valence-corrected chi connectivity index (χ4v) is 1.81. The minimum Gasteiger partial charge on any atom is -0.380 e. The molecule has 3 nitrogen and oxygen atoms in total. The third-order valence-electron chi connectivity index (χ3n) is 3.04. The standard InChI is InChI=1S/C12H22N2O/c1-11(2,9-13)6-7-14-12(3)5-4-8-15-10-12/h14H,4-8,10H2,1-3H3. The van der Waals surface area contributed by atoms with Gasteiger partial charge in [-0.1, -0.05) is 0 Å². The maximum absolute atomic E-state index is 8.89. The summed E-state index contributed by atoms with van der Waals surface area (Å²) < 4.78 is 5.47. The SMILES string of the molecule is CC(C)(C#N)CCNC1(C)CCCOC1. The van der Waals surface area contributed by atoms with Crippen LogP contribution in [0.25, 0.3) is 0 Å². The van der Waals surface area contributed by atoms with E-state index in [-0.39, 0.29) is 11.0 Å². The van der Waals surface area contributed by atoms with Crippen molar-refractivity contribution < 1.29 is 4.74 Å². The molecule has 1 heterocycles. The lowest BCUT2D eigenvalue weighted by Crippen LogP contribution is -2.49. The second-order valence-electron chi connectivity index (χ2n) is 5.39. The average molecular weight is 210 g/mol. The van der Waals surface area contributed by atoms with Crippen LogP contribution in [0.2, 0.25) is 0 Å². The van der Waals surface area contributed by atoms with Crippen molar-refractivity contribution in [2.24, 2.45) is 5.41 Å². The van der Waals surface area contributed by atoms with Gasteiger partial charge in [-0.05, 0) is 46.6 Å². The molecule has 0 aliphatic carbocycles. The van der Waals surface area contributed by atoms with Gasteiger partial charge < -0.3 is 10.1 Å². The molecule has 0 radical (unpaired) electrons. The summed E-state index contributed by atoms with van der Waals surface area (Å²) in [7, 11) is 0. The molecule has 3 heteroatoms. The molecule has 1 aliphatic rings. The molecule has 1 N–H and O–H groups in total. The van der Waals surface area contributed by atoms with Crippen molar-refractivity contribution in [3.05, 3.63) is 0 Å². The van der Waals surface area contributed by atoms with Crippen molar-refractivity contribution in [2.75, 3.05) is 19.8 Å². The molecule has 1 aliphatic heterocycles. The summed E-state index contributed by atoms with van der Waals surface area (Å²) in [5, 5.41) is 12.4. The monoisotopic (exact) mass is 210 g/mol. The van der Waals surface area contributed by atoms with E-state index in [0.29, 0.717) is 0 Å². The van der Waals surface area contributed by atoms with E-state index in [9.17, 15) is 0 Å². The second-order valence-corrected chi connectivity index (χ2v) is 5.39. The topological polar surface area (TPSA) is 45.0 Å². The number of hydrogen-bond donors (Lipinski definition) is 1. The number of ether oxygens (including phenoxy) is 1. The Balaban J connectivity index is 2.27. The van der Waals surface area contributed by atoms with Gasteiger partial charge in [0.25, 0.3) is 0 Å². The molecule has 0 aromatic carbocycles. The molecule has 0 spiro atoms. The lowest BCUT2D eigenvalue weighted by Gasteiger charge is -2.35. The van der Waals surface area contributed by atoms with Crippen LogP contribution in [0, 0.1) is 16.7 Å². The fourth-order valence-electron chi connectivity index (χ4n) is 1.81. The van der Waals surface area contributed by atoms with E-state index in [2.05, 4.69) is 18.3 Å². The summed E-state index contributed by atoms with van der Waals surface area (Å²) in [6.45, 7) is 8.73. The first kappa shape index (κ1) is 12.5. The number of rotatable bonds is 4. The number of nitrogens with one attached hydrogen (secondary N) is 1. The van der Waals surface area contributed by atoms with Crippen LogP contribution in [0.15, 0.2) is 0 Å². The molecular weight excluding hydrogens is 188 g/mol. The molecule has 1 fully saturated rings. The molecule has 0 amide bonds. The summed E-state index contributed by atoms with van der Waals surface area (Å²) in [5.41, 5.74) is -0.108. The number of hydrogen-bond acceptors (Lipinski definition) is 3. The van der Waals surface area contributed by atoms with E-state index < -0.39 is 0 Å². The maximum atomic E-state index is 8.89. The van der Waals surface area contributed by atoms with Gasteiger partial charge in [-0.3, -0.25) is 0 Å². The summed E-state index contributed by atoms with van der Waals surface area (Å²) in [5.74, 6) is 0. The van der Waals surface area contributed by atoms with Gasteiger partial charge in [0.1, 0.15) is 0 Å². The summed E-state index contributed by atoms with van der Waals surface area (Å²) in [6.07, 6.45) is 3.18. The van der Waals surface area contributed by atoms with Crippen molar-refractivity contribution in [1.82, 2.24) is 5.32 Å². The Kier molecular flexibility index (Phi) is 4.12. The minimum absolute atomic E-state index is 0.115. The molecule has 0 aromatic heterocycles. The van der Waals surface area contributed by atoms with Gasteiger partial charge in [0.15, 0.2) is 0 Å². The van der Waals surface area contributed by atoms with Crippen molar-refractivity contribution in [3.8, 4) is 6.07 Å². The van der Waals surface area contributed by atoms with Crippen molar-refractivity contribution in [2.45, 2.75) is 45.6 Å². The Bertz CT molecular complexity index is 236. The van der Waals surface area contributed by atoms with Gasteiger partial charge in [-0.25, -0.2) is 0 Å². The van der Waals surface area contributed by atoms with Crippen LogP contribution in [-0.4, -0.2) is 25.3 Å². The zero-order chi connectivity index (χ0) is 11.4. The quantitative estimate of drug-likeness (QED) is 0.772. The minimum atomic E-state index is -0.223. The van der Waals surface area contributed by atoms with Crippen LogP contribution in [0.4, 0.5) is 0 Å². The van der Waals surface area contributed by atoms with E-state index in [1.54, 1.807) is 0 Å². The van der Waals surface area contributed by atoms with Crippen molar-refractivity contribution >= 4 is 0 Å². The highest BCUT2D eigenvalue weighted by Gasteiger charge is 2.27. The molecule has 1 unspecified atom stereocenters.